The standard InChI is InChI=1S/C26H31FN4O8S2/c27-22-6-2-5-21-24(22)30-14-23(25(21)33)41(36,37)31-9-7-26(8-10-31)12-17(15-39-26)29-13-18(32)16-38-19-3-1-4-20(11-19)40(28,34)35/h1-6,11,14,17-18,29,32H,7-10,12-13,15-16H2,(H,30,33)(H2,28,34,35)/t17-,18+/m1/s1. The predicted molar refractivity (Wildman–Crippen MR) is 147 cm³/mol. The van der Waals surface area contributed by atoms with Crippen LogP contribution in [0.15, 0.2) is 63.2 Å². The highest BCUT2D eigenvalue weighted by Crippen LogP contribution is 2.37. The fraction of sp³-hybridized carbons (Fsp3) is 0.423. The zero-order chi connectivity index (χ0) is 29.4. The maximum atomic E-state index is 14.0. The molecular weight excluding hydrogens is 579 g/mol. The van der Waals surface area contributed by atoms with Gasteiger partial charge in [0.25, 0.3) is 0 Å². The lowest BCUT2D eigenvalue weighted by atomic mass is 9.88. The van der Waals surface area contributed by atoms with Crippen LogP contribution in [0.5, 0.6) is 5.75 Å². The lowest BCUT2D eigenvalue weighted by Gasteiger charge is -2.37. The molecule has 5 rings (SSSR count). The van der Waals surface area contributed by atoms with Crippen molar-refractivity contribution >= 4 is 30.9 Å². The number of para-hydroxylation sites is 1. The molecule has 0 amide bonds. The van der Waals surface area contributed by atoms with Crippen molar-refractivity contribution in [2.75, 3.05) is 32.8 Å². The number of nitrogens with one attached hydrogen (secondary N) is 2. The van der Waals surface area contributed by atoms with E-state index in [9.17, 15) is 31.1 Å². The first-order chi connectivity index (χ1) is 19.4. The fourth-order valence-corrected chi connectivity index (χ4v) is 7.32. The number of benzene rings is 2. The number of ether oxygens (including phenoxy) is 2. The highest BCUT2D eigenvalue weighted by atomic mass is 32.2. The largest absolute Gasteiger partial charge is 0.491 e. The second kappa shape index (κ2) is 11.4. The molecule has 3 heterocycles. The number of aromatic nitrogens is 1. The summed E-state index contributed by atoms with van der Waals surface area (Å²) in [5.41, 5.74) is -1.32. The number of primary sulfonamides is 1. The van der Waals surface area contributed by atoms with Crippen LogP contribution in [0.25, 0.3) is 10.9 Å². The third kappa shape index (κ3) is 6.30. The Bertz CT molecular complexity index is 1710. The number of sulfonamides is 2. The highest BCUT2D eigenvalue weighted by Gasteiger charge is 2.45. The molecule has 41 heavy (non-hydrogen) atoms. The zero-order valence-electron chi connectivity index (χ0n) is 22.0. The smallest absolute Gasteiger partial charge is 0.248 e. The zero-order valence-corrected chi connectivity index (χ0v) is 23.6. The number of H-pyrrole nitrogens is 1. The van der Waals surface area contributed by atoms with Gasteiger partial charge in [0.1, 0.15) is 29.2 Å². The van der Waals surface area contributed by atoms with Crippen LogP contribution in [0.4, 0.5) is 4.39 Å². The Kier molecular flexibility index (Phi) is 8.22. The molecule has 0 saturated carbocycles. The van der Waals surface area contributed by atoms with Crippen molar-refractivity contribution in [2.45, 2.75) is 46.8 Å². The van der Waals surface area contributed by atoms with E-state index < -0.39 is 47.9 Å². The summed E-state index contributed by atoms with van der Waals surface area (Å²) in [6.07, 6.45) is 1.63. The Morgan fingerprint density at radius 1 is 1.20 bits per heavy atom. The van der Waals surface area contributed by atoms with Gasteiger partial charge in [-0.05, 0) is 43.5 Å². The van der Waals surface area contributed by atoms with Gasteiger partial charge in [-0.15, -0.1) is 0 Å². The lowest BCUT2D eigenvalue weighted by molar-refractivity contribution is -0.0312. The van der Waals surface area contributed by atoms with Crippen molar-refractivity contribution in [1.82, 2.24) is 14.6 Å². The number of piperidine rings is 1. The van der Waals surface area contributed by atoms with Gasteiger partial charge in [0.2, 0.25) is 25.5 Å². The summed E-state index contributed by atoms with van der Waals surface area (Å²) in [5, 5.41) is 18.7. The molecule has 0 bridgehead atoms. The molecular formula is C26H31FN4O8S2. The van der Waals surface area contributed by atoms with Crippen LogP contribution in [-0.2, 0) is 24.8 Å². The number of pyridine rings is 1. The summed E-state index contributed by atoms with van der Waals surface area (Å²) in [6.45, 7) is 0.818. The summed E-state index contributed by atoms with van der Waals surface area (Å²) < 4.78 is 76.4. The van der Waals surface area contributed by atoms with E-state index >= 15 is 0 Å². The van der Waals surface area contributed by atoms with Gasteiger partial charge in [0.05, 0.1) is 22.6 Å². The van der Waals surface area contributed by atoms with Crippen molar-refractivity contribution in [3.8, 4) is 5.75 Å². The van der Waals surface area contributed by atoms with E-state index in [-0.39, 0.29) is 53.8 Å². The number of aromatic amines is 1. The molecule has 5 N–H and O–H groups in total. The number of nitrogens with two attached hydrogens (primary N) is 1. The monoisotopic (exact) mass is 610 g/mol. The number of fused-ring (bicyclic) bond motifs is 1. The molecule has 2 atom stereocenters. The third-order valence-electron chi connectivity index (χ3n) is 7.51. The van der Waals surface area contributed by atoms with E-state index in [2.05, 4.69) is 10.3 Å². The number of halogens is 1. The first kappa shape index (κ1) is 29.6. The minimum absolute atomic E-state index is 0.0304. The molecule has 2 aromatic carbocycles. The van der Waals surface area contributed by atoms with Crippen molar-refractivity contribution in [3.05, 3.63) is 64.7 Å². The predicted octanol–water partition coefficient (Wildman–Crippen LogP) is 0.656. The van der Waals surface area contributed by atoms with Gasteiger partial charge in [-0.25, -0.2) is 26.4 Å². The number of hydrogen-bond donors (Lipinski definition) is 4. The molecule has 2 saturated heterocycles. The van der Waals surface area contributed by atoms with Crippen molar-refractivity contribution in [3.63, 3.8) is 0 Å². The molecule has 12 nitrogen and oxygen atoms in total. The fourth-order valence-electron chi connectivity index (χ4n) is 5.28. The van der Waals surface area contributed by atoms with E-state index in [1.165, 1.54) is 40.7 Å². The number of aliphatic hydroxyl groups excluding tert-OH is 1. The minimum Gasteiger partial charge on any atom is -0.491 e. The average Bonchev–Trinajstić information content (AvgIpc) is 3.33. The summed E-state index contributed by atoms with van der Waals surface area (Å²) in [5.74, 6) is -0.377. The minimum atomic E-state index is -4.11. The van der Waals surface area contributed by atoms with Gasteiger partial charge in [-0.2, -0.15) is 4.31 Å². The Balaban J connectivity index is 1.13. The molecule has 0 aliphatic carbocycles. The second-order valence-corrected chi connectivity index (χ2v) is 13.8. The van der Waals surface area contributed by atoms with Crippen molar-refractivity contribution in [2.24, 2.45) is 5.14 Å². The highest BCUT2D eigenvalue weighted by molar-refractivity contribution is 7.89. The Labute approximate surface area is 236 Å². The van der Waals surface area contributed by atoms with Gasteiger partial charge in [-0.1, -0.05) is 12.1 Å². The van der Waals surface area contributed by atoms with E-state index in [4.69, 9.17) is 14.6 Å². The third-order valence-corrected chi connectivity index (χ3v) is 10.3. The van der Waals surface area contributed by atoms with Gasteiger partial charge >= 0.3 is 0 Å². The van der Waals surface area contributed by atoms with Crippen LogP contribution >= 0.6 is 0 Å². The normalized spacial score (nSPS) is 20.4. The number of hydrogen-bond acceptors (Lipinski definition) is 9. The molecule has 2 aliphatic rings. The quantitative estimate of drug-likeness (QED) is 0.271. The molecule has 2 aliphatic heterocycles. The Morgan fingerprint density at radius 2 is 1.93 bits per heavy atom. The number of rotatable bonds is 9. The lowest BCUT2D eigenvalue weighted by Crippen LogP contribution is -2.47. The van der Waals surface area contributed by atoms with Gasteiger partial charge in [0, 0.05) is 43.3 Å². The first-order valence-electron chi connectivity index (χ1n) is 13.0. The molecule has 0 radical (unpaired) electrons. The van der Waals surface area contributed by atoms with E-state index in [1.807, 2.05) is 0 Å². The maximum absolute atomic E-state index is 14.0. The molecule has 222 valence electrons. The first-order valence-corrected chi connectivity index (χ1v) is 16.0. The van der Waals surface area contributed by atoms with Gasteiger partial charge in [0.15, 0.2) is 0 Å². The van der Waals surface area contributed by atoms with E-state index in [0.29, 0.717) is 25.9 Å². The van der Waals surface area contributed by atoms with Crippen molar-refractivity contribution < 1.29 is 35.8 Å². The molecule has 15 heteroatoms. The summed E-state index contributed by atoms with van der Waals surface area (Å²) in [6, 6.07) is 9.55. The molecule has 1 spiro atoms. The Morgan fingerprint density at radius 3 is 2.66 bits per heavy atom. The SMILES string of the molecule is NS(=O)(=O)c1cccc(OC[C@@H](O)CN[C@H]2COC3(CCN(S(=O)(=O)c4c[nH]c5c(F)cccc5c4=O)CC3)C2)c1. The van der Waals surface area contributed by atoms with Crippen LogP contribution in [-0.4, -0.2) is 81.8 Å². The van der Waals surface area contributed by atoms with Crippen LogP contribution in [0, 0.1) is 5.82 Å². The molecule has 3 aromatic rings. The van der Waals surface area contributed by atoms with Crippen LogP contribution in [0.2, 0.25) is 0 Å². The maximum Gasteiger partial charge on any atom is 0.248 e. The molecule has 2 fully saturated rings. The van der Waals surface area contributed by atoms with Crippen LogP contribution in [0.3, 0.4) is 0 Å². The van der Waals surface area contributed by atoms with E-state index in [1.54, 1.807) is 6.07 Å². The summed E-state index contributed by atoms with van der Waals surface area (Å²) in [4.78, 5) is 15.0. The molecule has 1 aromatic heterocycles. The second-order valence-electron chi connectivity index (χ2n) is 10.3. The molecule has 0 unspecified atom stereocenters. The van der Waals surface area contributed by atoms with Crippen molar-refractivity contribution in [1.29, 1.82) is 0 Å². The Hall–Kier alpha value is -2.92. The average molecular weight is 611 g/mol. The van der Waals surface area contributed by atoms with Gasteiger partial charge < -0.3 is 24.9 Å². The summed E-state index contributed by atoms with van der Waals surface area (Å²) in [7, 11) is -7.98. The topological polar surface area (TPSA) is 181 Å². The van der Waals surface area contributed by atoms with E-state index in [0.717, 1.165) is 6.20 Å². The number of nitrogens with zero attached hydrogens (tertiary/aromatic N) is 1. The van der Waals surface area contributed by atoms with Gasteiger partial charge in [-0.3, -0.25) is 4.79 Å². The number of aliphatic hydroxyl groups is 1. The van der Waals surface area contributed by atoms with Crippen LogP contribution < -0.4 is 20.6 Å². The van der Waals surface area contributed by atoms with Crippen LogP contribution in [0.1, 0.15) is 19.3 Å². The summed E-state index contributed by atoms with van der Waals surface area (Å²) >= 11 is 0.